The molecule has 0 amide bonds. The number of hydrogen-bond acceptors (Lipinski definition) is 4. The molecule has 1 N–H and O–H groups in total. The minimum Gasteiger partial charge on any atom is -0.481 e. The maximum atomic E-state index is 11.5. The molecule has 114 valence electrons. The highest BCUT2D eigenvalue weighted by atomic mass is 16.6. The summed E-state index contributed by atoms with van der Waals surface area (Å²) in [5.41, 5.74) is 1.23. The van der Waals surface area contributed by atoms with Gasteiger partial charge in [0.05, 0.1) is 10.3 Å². The predicted octanol–water partition coefficient (Wildman–Crippen LogP) is 2.98. The molecule has 0 unspecified atom stereocenters. The Labute approximate surface area is 123 Å². The number of aliphatic carboxylic acids is 1. The molecule has 0 bridgehead atoms. The van der Waals surface area contributed by atoms with Crippen molar-refractivity contribution in [2.45, 2.75) is 33.1 Å². The normalized spacial score (nSPS) is 17.5. The molecule has 2 rings (SSSR count). The first kappa shape index (κ1) is 15.3. The van der Waals surface area contributed by atoms with Gasteiger partial charge in [-0.05, 0) is 31.7 Å². The molecular formula is C15H20N2O4. The van der Waals surface area contributed by atoms with Crippen LogP contribution >= 0.6 is 0 Å². The van der Waals surface area contributed by atoms with Crippen LogP contribution in [0.1, 0.15) is 31.7 Å². The molecule has 0 aromatic heterocycles. The number of piperidine rings is 1. The van der Waals surface area contributed by atoms with Crippen LogP contribution in [0.5, 0.6) is 0 Å². The molecule has 1 aromatic carbocycles. The lowest BCUT2D eigenvalue weighted by Crippen LogP contribution is -2.44. The Morgan fingerprint density at radius 3 is 2.52 bits per heavy atom. The molecule has 1 aromatic rings. The summed E-state index contributed by atoms with van der Waals surface area (Å²) in [7, 11) is 0. The monoisotopic (exact) mass is 292 g/mol. The maximum absolute atomic E-state index is 11.5. The van der Waals surface area contributed by atoms with Gasteiger partial charge in [0.2, 0.25) is 0 Å². The van der Waals surface area contributed by atoms with Gasteiger partial charge in [-0.2, -0.15) is 0 Å². The molecule has 1 aliphatic heterocycles. The van der Waals surface area contributed by atoms with Crippen molar-refractivity contribution in [2.24, 2.45) is 5.41 Å². The van der Waals surface area contributed by atoms with Crippen LogP contribution in [-0.2, 0) is 4.79 Å². The van der Waals surface area contributed by atoms with E-state index in [0.29, 0.717) is 32.4 Å². The summed E-state index contributed by atoms with van der Waals surface area (Å²) in [5.74, 6) is -0.736. The zero-order valence-electron chi connectivity index (χ0n) is 12.3. The Bertz CT molecular complexity index is 563. The van der Waals surface area contributed by atoms with E-state index in [0.717, 1.165) is 11.3 Å². The topological polar surface area (TPSA) is 83.7 Å². The quantitative estimate of drug-likeness (QED) is 0.681. The van der Waals surface area contributed by atoms with Crippen molar-refractivity contribution in [3.8, 4) is 0 Å². The van der Waals surface area contributed by atoms with Crippen molar-refractivity contribution in [3.63, 3.8) is 0 Å². The number of rotatable bonds is 4. The van der Waals surface area contributed by atoms with Crippen LogP contribution in [0.2, 0.25) is 0 Å². The van der Waals surface area contributed by atoms with Crippen LogP contribution in [0.3, 0.4) is 0 Å². The van der Waals surface area contributed by atoms with E-state index in [9.17, 15) is 20.0 Å². The Kier molecular flexibility index (Phi) is 4.16. The fraction of sp³-hybridized carbons (Fsp3) is 0.533. The summed E-state index contributed by atoms with van der Waals surface area (Å²) in [6.07, 6.45) is 1.76. The molecule has 0 saturated carbocycles. The third kappa shape index (κ3) is 2.84. The van der Waals surface area contributed by atoms with Crippen LogP contribution in [0, 0.1) is 22.5 Å². The van der Waals surface area contributed by atoms with Crippen LogP contribution < -0.4 is 4.90 Å². The van der Waals surface area contributed by atoms with Crippen molar-refractivity contribution in [3.05, 3.63) is 33.9 Å². The minimum atomic E-state index is -0.736. The summed E-state index contributed by atoms with van der Waals surface area (Å²) < 4.78 is 0. The third-order valence-electron chi connectivity index (χ3n) is 4.60. The number of nitrogens with zero attached hydrogens (tertiary/aromatic N) is 2. The number of anilines is 1. The molecule has 0 atom stereocenters. The number of hydrogen-bond donors (Lipinski definition) is 1. The van der Waals surface area contributed by atoms with Gasteiger partial charge in [-0.25, -0.2) is 0 Å². The van der Waals surface area contributed by atoms with Gasteiger partial charge in [-0.1, -0.05) is 13.0 Å². The number of carbonyl (C=O) groups is 1. The second kappa shape index (κ2) is 5.71. The van der Waals surface area contributed by atoms with Crippen LogP contribution in [-0.4, -0.2) is 29.1 Å². The minimum absolute atomic E-state index is 0.0705. The first-order valence-electron chi connectivity index (χ1n) is 7.13. The van der Waals surface area contributed by atoms with Crippen molar-refractivity contribution < 1.29 is 14.8 Å². The SMILES string of the molecule is CCC1(C(=O)O)CCN(c2cc([N+](=O)[O-])ccc2C)CC1. The van der Waals surface area contributed by atoms with Gasteiger partial charge in [0.25, 0.3) is 5.69 Å². The van der Waals surface area contributed by atoms with E-state index < -0.39 is 16.3 Å². The summed E-state index contributed by atoms with van der Waals surface area (Å²) >= 11 is 0. The first-order valence-corrected chi connectivity index (χ1v) is 7.13. The second-order valence-corrected chi connectivity index (χ2v) is 5.65. The lowest BCUT2D eigenvalue weighted by molar-refractivity contribution is -0.384. The Hall–Kier alpha value is -2.11. The first-order chi connectivity index (χ1) is 9.89. The molecule has 6 nitrogen and oxygen atoms in total. The molecule has 21 heavy (non-hydrogen) atoms. The average molecular weight is 292 g/mol. The molecule has 1 fully saturated rings. The number of aryl methyl sites for hydroxylation is 1. The predicted molar refractivity (Wildman–Crippen MR) is 79.6 cm³/mol. The number of non-ortho nitro benzene ring substituents is 1. The summed E-state index contributed by atoms with van der Waals surface area (Å²) in [5, 5.41) is 20.3. The Morgan fingerprint density at radius 1 is 1.43 bits per heavy atom. The fourth-order valence-corrected chi connectivity index (χ4v) is 2.95. The standard InChI is InChI=1S/C15H20N2O4/c1-3-15(14(18)19)6-8-16(9-7-15)13-10-12(17(20)21)5-4-11(13)2/h4-5,10H,3,6-9H2,1-2H3,(H,18,19). The van der Waals surface area contributed by atoms with Crippen LogP contribution in [0.4, 0.5) is 11.4 Å². The highest BCUT2D eigenvalue weighted by Gasteiger charge is 2.40. The van der Waals surface area contributed by atoms with E-state index in [4.69, 9.17) is 0 Å². The van der Waals surface area contributed by atoms with E-state index in [1.807, 2.05) is 13.8 Å². The van der Waals surface area contributed by atoms with Crippen LogP contribution in [0.15, 0.2) is 18.2 Å². The molecule has 0 radical (unpaired) electrons. The smallest absolute Gasteiger partial charge is 0.309 e. The highest BCUT2D eigenvalue weighted by Crippen LogP contribution is 2.38. The average Bonchev–Trinajstić information content (AvgIpc) is 2.47. The molecule has 1 heterocycles. The van der Waals surface area contributed by atoms with Crippen molar-refractivity contribution in [2.75, 3.05) is 18.0 Å². The largest absolute Gasteiger partial charge is 0.481 e. The van der Waals surface area contributed by atoms with Crippen molar-refractivity contribution in [1.29, 1.82) is 0 Å². The van der Waals surface area contributed by atoms with E-state index in [1.165, 1.54) is 6.07 Å². The number of carboxylic acid groups (broad SMARTS) is 1. The van der Waals surface area contributed by atoms with E-state index in [-0.39, 0.29) is 5.69 Å². The second-order valence-electron chi connectivity index (χ2n) is 5.65. The van der Waals surface area contributed by atoms with E-state index in [2.05, 4.69) is 4.90 Å². The third-order valence-corrected chi connectivity index (χ3v) is 4.60. The molecular weight excluding hydrogens is 272 g/mol. The fourth-order valence-electron chi connectivity index (χ4n) is 2.95. The van der Waals surface area contributed by atoms with Crippen molar-refractivity contribution in [1.82, 2.24) is 0 Å². The van der Waals surface area contributed by atoms with Gasteiger partial charge in [0.15, 0.2) is 0 Å². The number of carboxylic acids is 1. The molecule has 1 aliphatic rings. The maximum Gasteiger partial charge on any atom is 0.309 e. The van der Waals surface area contributed by atoms with Gasteiger partial charge in [0.1, 0.15) is 0 Å². The molecule has 0 aliphatic carbocycles. The molecule has 6 heteroatoms. The van der Waals surface area contributed by atoms with Gasteiger partial charge in [-0.3, -0.25) is 14.9 Å². The number of nitro groups is 1. The number of nitro benzene ring substituents is 1. The Balaban J connectivity index is 2.21. The van der Waals surface area contributed by atoms with E-state index >= 15 is 0 Å². The number of benzene rings is 1. The summed E-state index contributed by atoms with van der Waals surface area (Å²) in [6.45, 7) is 5.05. The van der Waals surface area contributed by atoms with Gasteiger partial charge in [0, 0.05) is 30.9 Å². The molecule has 0 spiro atoms. The van der Waals surface area contributed by atoms with Crippen molar-refractivity contribution >= 4 is 17.3 Å². The Morgan fingerprint density at radius 2 is 2.05 bits per heavy atom. The van der Waals surface area contributed by atoms with Gasteiger partial charge < -0.3 is 10.0 Å². The highest BCUT2D eigenvalue weighted by molar-refractivity contribution is 5.75. The summed E-state index contributed by atoms with van der Waals surface area (Å²) in [6, 6.07) is 4.82. The summed E-state index contributed by atoms with van der Waals surface area (Å²) in [4.78, 5) is 24.0. The van der Waals surface area contributed by atoms with Gasteiger partial charge >= 0.3 is 5.97 Å². The van der Waals surface area contributed by atoms with Gasteiger partial charge in [-0.15, -0.1) is 0 Å². The van der Waals surface area contributed by atoms with Crippen LogP contribution in [0.25, 0.3) is 0 Å². The lowest BCUT2D eigenvalue weighted by Gasteiger charge is -2.39. The lowest BCUT2D eigenvalue weighted by atomic mass is 9.76. The zero-order chi connectivity index (χ0) is 15.6. The molecule has 1 saturated heterocycles. The van der Waals surface area contributed by atoms with E-state index in [1.54, 1.807) is 12.1 Å². The zero-order valence-corrected chi connectivity index (χ0v) is 12.3.